The van der Waals surface area contributed by atoms with Gasteiger partial charge in [0.05, 0.1) is 6.61 Å². The van der Waals surface area contributed by atoms with Crippen LogP contribution in [0.1, 0.15) is 29.8 Å². The van der Waals surface area contributed by atoms with Crippen molar-refractivity contribution in [2.75, 3.05) is 19.8 Å². The zero-order valence-corrected chi connectivity index (χ0v) is 11.6. The number of aryl methyl sites for hydroxylation is 1. The van der Waals surface area contributed by atoms with Crippen molar-refractivity contribution in [3.8, 4) is 11.5 Å². The van der Waals surface area contributed by atoms with Crippen molar-refractivity contribution in [2.24, 2.45) is 11.8 Å². The third-order valence-electron chi connectivity index (χ3n) is 3.49. The van der Waals surface area contributed by atoms with E-state index in [-0.39, 0.29) is 24.2 Å². The van der Waals surface area contributed by atoms with Gasteiger partial charge in [0.25, 0.3) is 0 Å². The van der Waals surface area contributed by atoms with Crippen molar-refractivity contribution < 1.29 is 19.4 Å². The number of ketones is 1. The molecule has 1 heterocycles. The molecule has 0 aliphatic carbocycles. The highest BCUT2D eigenvalue weighted by atomic mass is 16.6. The van der Waals surface area contributed by atoms with E-state index in [9.17, 15) is 9.90 Å². The lowest BCUT2D eigenvalue weighted by atomic mass is 9.87. The number of ether oxygens (including phenoxy) is 2. The number of aliphatic hydroxyl groups excluding tert-OH is 1. The second-order valence-electron chi connectivity index (χ2n) is 5.21. The first-order chi connectivity index (χ1) is 9.04. The molecule has 0 aromatic heterocycles. The first-order valence-corrected chi connectivity index (χ1v) is 6.60. The molecule has 1 aliphatic heterocycles. The van der Waals surface area contributed by atoms with Crippen molar-refractivity contribution in [1.82, 2.24) is 0 Å². The maximum atomic E-state index is 12.5. The monoisotopic (exact) mass is 264 g/mol. The van der Waals surface area contributed by atoms with E-state index in [4.69, 9.17) is 9.47 Å². The second-order valence-corrected chi connectivity index (χ2v) is 5.21. The zero-order chi connectivity index (χ0) is 14.0. The topological polar surface area (TPSA) is 55.8 Å². The van der Waals surface area contributed by atoms with Gasteiger partial charge in [-0.3, -0.25) is 4.79 Å². The van der Waals surface area contributed by atoms with Gasteiger partial charge in [-0.25, -0.2) is 0 Å². The molecule has 0 spiro atoms. The van der Waals surface area contributed by atoms with Crippen molar-refractivity contribution in [3.63, 3.8) is 0 Å². The summed E-state index contributed by atoms with van der Waals surface area (Å²) in [5.74, 6) is 0.990. The maximum Gasteiger partial charge on any atom is 0.168 e. The lowest BCUT2D eigenvalue weighted by molar-refractivity contribution is 0.0805. The van der Waals surface area contributed by atoms with Gasteiger partial charge in [-0.2, -0.15) is 0 Å². The summed E-state index contributed by atoms with van der Waals surface area (Å²) in [7, 11) is 0. The summed E-state index contributed by atoms with van der Waals surface area (Å²) in [6.07, 6.45) is 0. The third kappa shape index (κ3) is 2.73. The van der Waals surface area contributed by atoms with Gasteiger partial charge < -0.3 is 14.6 Å². The molecule has 0 fully saturated rings. The number of fused-ring (bicyclic) bond motifs is 1. The smallest absolute Gasteiger partial charge is 0.168 e. The number of carbonyl (C=O) groups excluding carboxylic acids is 1. The van der Waals surface area contributed by atoms with Gasteiger partial charge in [-0.15, -0.1) is 0 Å². The molecule has 1 aromatic rings. The number of rotatable bonds is 4. The van der Waals surface area contributed by atoms with Crippen LogP contribution in [-0.4, -0.2) is 30.7 Å². The summed E-state index contributed by atoms with van der Waals surface area (Å²) in [6, 6.07) is 3.56. The number of aliphatic hydroxyl groups is 1. The Balaban J connectivity index is 2.36. The maximum absolute atomic E-state index is 12.5. The molecule has 1 aliphatic rings. The van der Waals surface area contributed by atoms with Crippen molar-refractivity contribution in [2.45, 2.75) is 20.8 Å². The molecule has 0 amide bonds. The third-order valence-corrected chi connectivity index (χ3v) is 3.49. The fourth-order valence-corrected chi connectivity index (χ4v) is 2.25. The van der Waals surface area contributed by atoms with E-state index in [2.05, 4.69) is 0 Å². The minimum absolute atomic E-state index is 0.0352. The van der Waals surface area contributed by atoms with Crippen molar-refractivity contribution in [3.05, 3.63) is 23.3 Å². The Labute approximate surface area is 113 Å². The van der Waals surface area contributed by atoms with Crippen molar-refractivity contribution >= 4 is 5.78 Å². The largest absolute Gasteiger partial charge is 0.486 e. The Morgan fingerprint density at radius 3 is 2.37 bits per heavy atom. The van der Waals surface area contributed by atoms with Crippen LogP contribution in [0.4, 0.5) is 0 Å². The fraction of sp³-hybridized carbons (Fsp3) is 0.533. The predicted octanol–water partition coefficient (Wildman–Crippen LogP) is 2.21. The zero-order valence-electron chi connectivity index (χ0n) is 11.6. The minimum Gasteiger partial charge on any atom is -0.486 e. The average Bonchev–Trinajstić information content (AvgIpc) is 2.38. The van der Waals surface area contributed by atoms with Crippen LogP contribution in [0.2, 0.25) is 0 Å². The molecule has 0 bridgehead atoms. The van der Waals surface area contributed by atoms with Gasteiger partial charge >= 0.3 is 0 Å². The van der Waals surface area contributed by atoms with E-state index in [1.807, 2.05) is 26.8 Å². The quantitative estimate of drug-likeness (QED) is 0.847. The first kappa shape index (κ1) is 13.9. The summed E-state index contributed by atoms with van der Waals surface area (Å²) in [4.78, 5) is 12.5. The molecule has 1 unspecified atom stereocenters. The van der Waals surface area contributed by atoms with Crippen LogP contribution in [0.3, 0.4) is 0 Å². The van der Waals surface area contributed by atoms with Crippen LogP contribution < -0.4 is 9.47 Å². The van der Waals surface area contributed by atoms with Crippen LogP contribution in [0, 0.1) is 18.8 Å². The number of benzene rings is 1. The van der Waals surface area contributed by atoms with E-state index in [1.165, 1.54) is 0 Å². The molecule has 0 radical (unpaired) electrons. The molecule has 19 heavy (non-hydrogen) atoms. The number of hydrogen-bond acceptors (Lipinski definition) is 4. The molecule has 4 nitrogen and oxygen atoms in total. The Morgan fingerprint density at radius 2 is 1.84 bits per heavy atom. The fourth-order valence-electron chi connectivity index (χ4n) is 2.25. The first-order valence-electron chi connectivity index (χ1n) is 6.60. The molecule has 0 saturated carbocycles. The minimum atomic E-state index is -0.374. The van der Waals surface area contributed by atoms with E-state index >= 15 is 0 Å². The lowest BCUT2D eigenvalue weighted by Gasteiger charge is -2.22. The molecule has 1 aromatic carbocycles. The number of Topliss-reactive ketones (excluding diaryl/α,β-unsaturated/α-hetero) is 1. The summed E-state index contributed by atoms with van der Waals surface area (Å²) in [5, 5.41) is 9.38. The highest BCUT2D eigenvalue weighted by Gasteiger charge is 2.26. The average molecular weight is 264 g/mol. The van der Waals surface area contributed by atoms with Crippen LogP contribution >= 0.6 is 0 Å². The summed E-state index contributed by atoms with van der Waals surface area (Å²) in [5.41, 5.74) is 1.46. The highest BCUT2D eigenvalue weighted by molar-refractivity contribution is 6.00. The number of hydrogen-bond donors (Lipinski definition) is 1. The van der Waals surface area contributed by atoms with E-state index < -0.39 is 0 Å². The molecule has 2 rings (SSSR count). The molecule has 1 atom stereocenters. The molecule has 104 valence electrons. The lowest BCUT2D eigenvalue weighted by Crippen LogP contribution is -2.25. The van der Waals surface area contributed by atoms with Crippen LogP contribution in [0.25, 0.3) is 0 Å². The van der Waals surface area contributed by atoms with Crippen LogP contribution in [-0.2, 0) is 0 Å². The second kappa shape index (κ2) is 5.61. The van der Waals surface area contributed by atoms with Crippen LogP contribution in [0.5, 0.6) is 11.5 Å². The Kier molecular flexibility index (Phi) is 4.10. The number of carbonyl (C=O) groups is 1. The van der Waals surface area contributed by atoms with Gasteiger partial charge in [-0.1, -0.05) is 13.8 Å². The normalized spacial score (nSPS) is 15.4. The van der Waals surface area contributed by atoms with Gasteiger partial charge in [-0.05, 0) is 30.5 Å². The highest BCUT2D eigenvalue weighted by Crippen LogP contribution is 2.34. The standard InChI is InChI=1S/C15H20O4/c1-9(2)12(8-16)15(17)11-7-14-13(6-10(11)3)18-4-5-19-14/h6-7,9,12,16H,4-5,8H2,1-3H3. The molecular formula is C15H20O4. The van der Waals surface area contributed by atoms with Gasteiger partial charge in [0.15, 0.2) is 17.3 Å². The molecule has 0 saturated heterocycles. The van der Waals surface area contributed by atoms with Crippen LogP contribution in [0.15, 0.2) is 12.1 Å². The van der Waals surface area contributed by atoms with Gasteiger partial charge in [0.1, 0.15) is 13.2 Å². The molecule has 1 N–H and O–H groups in total. The SMILES string of the molecule is Cc1cc2c(cc1C(=O)C(CO)C(C)C)OCCO2. The van der Waals surface area contributed by atoms with Crippen molar-refractivity contribution in [1.29, 1.82) is 0 Å². The Hall–Kier alpha value is -1.55. The predicted molar refractivity (Wildman–Crippen MR) is 71.9 cm³/mol. The van der Waals surface area contributed by atoms with Gasteiger partial charge in [0, 0.05) is 11.5 Å². The summed E-state index contributed by atoms with van der Waals surface area (Å²) < 4.78 is 11.0. The van der Waals surface area contributed by atoms with Gasteiger partial charge in [0.2, 0.25) is 0 Å². The Morgan fingerprint density at radius 1 is 1.26 bits per heavy atom. The molecular weight excluding hydrogens is 244 g/mol. The summed E-state index contributed by atoms with van der Waals surface area (Å²) >= 11 is 0. The summed E-state index contributed by atoms with van der Waals surface area (Å²) in [6.45, 7) is 6.64. The molecule has 4 heteroatoms. The van der Waals surface area contributed by atoms with E-state index in [0.717, 1.165) is 5.56 Å². The van der Waals surface area contributed by atoms with E-state index in [0.29, 0.717) is 30.3 Å². The Bertz CT molecular complexity index is 479. The van der Waals surface area contributed by atoms with E-state index in [1.54, 1.807) is 6.07 Å².